The van der Waals surface area contributed by atoms with E-state index in [0.717, 1.165) is 43.1 Å². The van der Waals surface area contributed by atoms with Crippen LogP contribution in [0.5, 0.6) is 0 Å². The molecule has 1 heterocycles. The van der Waals surface area contributed by atoms with Crippen molar-refractivity contribution in [2.45, 2.75) is 64.5 Å². The molecule has 4 fully saturated rings. The zero-order valence-electron chi connectivity index (χ0n) is 17.5. The molecule has 4 saturated carbocycles. The molecular weight excluding hydrogens is 382 g/mol. The fraction of sp³-hybridized carbons (Fsp3) is 0.542. The van der Waals surface area contributed by atoms with E-state index in [9.17, 15) is 14.4 Å². The van der Waals surface area contributed by atoms with Gasteiger partial charge in [0.05, 0.1) is 5.41 Å². The number of esters is 1. The first-order chi connectivity index (χ1) is 14.3. The van der Waals surface area contributed by atoms with Gasteiger partial charge in [0.2, 0.25) is 5.91 Å². The van der Waals surface area contributed by atoms with Gasteiger partial charge in [0.25, 0.3) is 0 Å². The van der Waals surface area contributed by atoms with Crippen LogP contribution in [-0.2, 0) is 20.9 Å². The maximum absolute atomic E-state index is 13.3. The van der Waals surface area contributed by atoms with Crippen LogP contribution in [-0.4, -0.2) is 17.4 Å². The molecule has 158 valence electrons. The summed E-state index contributed by atoms with van der Waals surface area (Å²) in [4.78, 5) is 37.1. The third-order valence-corrected chi connectivity index (χ3v) is 7.28. The van der Waals surface area contributed by atoms with Crippen LogP contribution >= 0.6 is 0 Å². The molecule has 0 saturated heterocycles. The normalized spacial score (nSPS) is 31.7. The number of amides is 1. The van der Waals surface area contributed by atoms with Crippen molar-refractivity contribution >= 4 is 22.8 Å². The number of hydrogen-bond acceptors (Lipinski definition) is 5. The number of aryl methyl sites for hydroxylation is 1. The Balaban J connectivity index is 1.39. The van der Waals surface area contributed by atoms with Gasteiger partial charge in [0, 0.05) is 29.5 Å². The zero-order chi connectivity index (χ0) is 21.1. The minimum atomic E-state index is -0.529. The van der Waals surface area contributed by atoms with Gasteiger partial charge >= 0.3 is 11.6 Å². The highest BCUT2D eigenvalue weighted by molar-refractivity contribution is 5.82. The van der Waals surface area contributed by atoms with Gasteiger partial charge in [-0.1, -0.05) is 12.1 Å². The van der Waals surface area contributed by atoms with Crippen molar-refractivity contribution in [3.63, 3.8) is 0 Å². The standard InChI is InChI=1S/C24H27NO5/c1-14-3-4-19-18(7-21(27)30-20(19)5-14)12-29-22(28)23-8-16-6-17(9-23)11-24(10-16,13-23)25-15(2)26/h3-5,7,16-17H,6,8-13H2,1-2H3,(H,25,26)/t16-,17+,23?,24?. The number of carbonyl (C=O) groups excluding carboxylic acids is 2. The molecule has 2 aromatic rings. The Morgan fingerprint density at radius 1 is 1.17 bits per heavy atom. The molecule has 30 heavy (non-hydrogen) atoms. The van der Waals surface area contributed by atoms with Crippen molar-refractivity contribution in [3.8, 4) is 0 Å². The Morgan fingerprint density at radius 3 is 2.60 bits per heavy atom. The molecule has 1 aromatic heterocycles. The number of ether oxygens (including phenoxy) is 1. The summed E-state index contributed by atoms with van der Waals surface area (Å²) in [6.45, 7) is 3.54. The first kappa shape index (κ1) is 19.3. The SMILES string of the molecule is CC(=O)NC12C[C@H]3C[C@@H](C1)CC(C(=O)OCc1cc(=O)oc4cc(C)ccc14)(C3)C2. The molecule has 1 aromatic carbocycles. The minimum Gasteiger partial charge on any atom is -0.460 e. The Bertz CT molecular complexity index is 1090. The number of rotatable bonds is 4. The van der Waals surface area contributed by atoms with Crippen LogP contribution in [0.4, 0.5) is 0 Å². The highest BCUT2D eigenvalue weighted by atomic mass is 16.5. The van der Waals surface area contributed by atoms with Crippen molar-refractivity contribution in [2.24, 2.45) is 17.3 Å². The molecule has 1 amide bonds. The number of nitrogens with one attached hydrogen (secondary N) is 1. The van der Waals surface area contributed by atoms with Gasteiger partial charge in [-0.15, -0.1) is 0 Å². The van der Waals surface area contributed by atoms with Crippen LogP contribution in [0.1, 0.15) is 56.6 Å². The monoisotopic (exact) mass is 409 g/mol. The largest absolute Gasteiger partial charge is 0.460 e. The molecule has 2 unspecified atom stereocenters. The molecule has 0 aliphatic heterocycles. The van der Waals surface area contributed by atoms with Crippen molar-refractivity contribution in [1.29, 1.82) is 0 Å². The van der Waals surface area contributed by atoms with E-state index in [4.69, 9.17) is 9.15 Å². The van der Waals surface area contributed by atoms with E-state index < -0.39 is 11.0 Å². The van der Waals surface area contributed by atoms with Gasteiger partial charge in [-0.25, -0.2) is 4.79 Å². The summed E-state index contributed by atoms with van der Waals surface area (Å²) in [5.74, 6) is 0.689. The molecule has 4 bridgehead atoms. The van der Waals surface area contributed by atoms with Crippen LogP contribution < -0.4 is 10.9 Å². The van der Waals surface area contributed by atoms with E-state index in [0.29, 0.717) is 29.4 Å². The summed E-state index contributed by atoms with van der Waals surface area (Å²) >= 11 is 0. The van der Waals surface area contributed by atoms with Crippen LogP contribution in [0.25, 0.3) is 11.0 Å². The Labute approximate surface area is 175 Å². The second-order valence-electron chi connectivity index (χ2n) is 9.87. The summed E-state index contributed by atoms with van der Waals surface area (Å²) in [6, 6.07) is 7.07. The van der Waals surface area contributed by atoms with Gasteiger partial charge in [-0.3, -0.25) is 9.59 Å². The molecule has 4 aliphatic carbocycles. The molecule has 0 spiro atoms. The smallest absolute Gasteiger partial charge is 0.336 e. The third kappa shape index (κ3) is 3.22. The number of hydrogen-bond donors (Lipinski definition) is 1. The Morgan fingerprint density at radius 2 is 1.90 bits per heavy atom. The van der Waals surface area contributed by atoms with Crippen LogP contribution in [0.2, 0.25) is 0 Å². The lowest BCUT2D eigenvalue weighted by molar-refractivity contribution is -0.177. The topological polar surface area (TPSA) is 85.6 Å². The van der Waals surface area contributed by atoms with E-state index in [1.54, 1.807) is 6.92 Å². The van der Waals surface area contributed by atoms with Gasteiger partial charge in [-0.2, -0.15) is 0 Å². The van der Waals surface area contributed by atoms with Gasteiger partial charge in [-0.05, 0) is 68.9 Å². The van der Waals surface area contributed by atoms with E-state index >= 15 is 0 Å². The fourth-order valence-electron chi connectivity index (χ4n) is 6.77. The second-order valence-corrected chi connectivity index (χ2v) is 9.87. The molecule has 4 atom stereocenters. The molecule has 6 heteroatoms. The lowest BCUT2D eigenvalue weighted by Crippen LogP contribution is -2.64. The summed E-state index contributed by atoms with van der Waals surface area (Å²) in [6.07, 6.45) is 5.38. The molecular formula is C24H27NO5. The summed E-state index contributed by atoms with van der Waals surface area (Å²) in [7, 11) is 0. The van der Waals surface area contributed by atoms with Crippen molar-refractivity contribution < 1.29 is 18.7 Å². The highest BCUT2D eigenvalue weighted by Crippen LogP contribution is 2.62. The van der Waals surface area contributed by atoms with Gasteiger partial charge < -0.3 is 14.5 Å². The van der Waals surface area contributed by atoms with E-state index in [2.05, 4.69) is 5.32 Å². The minimum absolute atomic E-state index is 0.0294. The van der Waals surface area contributed by atoms with Gasteiger partial charge in [0.1, 0.15) is 12.2 Å². The van der Waals surface area contributed by atoms with Crippen molar-refractivity contribution in [1.82, 2.24) is 5.32 Å². The molecule has 0 radical (unpaired) electrons. The third-order valence-electron chi connectivity index (χ3n) is 7.28. The Kier molecular flexibility index (Phi) is 4.31. The molecule has 6 nitrogen and oxygen atoms in total. The maximum Gasteiger partial charge on any atom is 0.336 e. The first-order valence-electron chi connectivity index (χ1n) is 10.8. The number of carbonyl (C=O) groups is 2. The summed E-state index contributed by atoms with van der Waals surface area (Å²) in [5.41, 5.74) is 0.921. The molecule has 6 rings (SSSR count). The van der Waals surface area contributed by atoms with Crippen LogP contribution in [0.3, 0.4) is 0 Å². The van der Waals surface area contributed by atoms with Crippen LogP contribution in [0.15, 0.2) is 33.5 Å². The van der Waals surface area contributed by atoms with E-state index in [-0.39, 0.29) is 24.0 Å². The fourth-order valence-corrected chi connectivity index (χ4v) is 6.77. The van der Waals surface area contributed by atoms with E-state index in [1.807, 2.05) is 25.1 Å². The summed E-state index contributed by atoms with van der Waals surface area (Å²) < 4.78 is 11.1. The van der Waals surface area contributed by atoms with Crippen molar-refractivity contribution in [2.75, 3.05) is 0 Å². The molecule has 1 N–H and O–H groups in total. The lowest BCUT2D eigenvalue weighted by Gasteiger charge is -2.60. The van der Waals surface area contributed by atoms with Crippen LogP contribution in [0, 0.1) is 24.2 Å². The number of benzene rings is 1. The molecule has 4 aliphatic rings. The average Bonchev–Trinajstić information content (AvgIpc) is 2.63. The first-order valence-corrected chi connectivity index (χ1v) is 10.8. The van der Waals surface area contributed by atoms with Gasteiger partial charge in [0.15, 0.2) is 0 Å². The van der Waals surface area contributed by atoms with E-state index in [1.165, 1.54) is 6.07 Å². The predicted octanol–water partition coefficient (Wildman–Crippen LogP) is 3.62. The zero-order valence-corrected chi connectivity index (χ0v) is 17.5. The maximum atomic E-state index is 13.3. The second kappa shape index (κ2) is 6.69. The summed E-state index contributed by atoms with van der Waals surface area (Å²) in [5, 5.41) is 3.96. The Hall–Kier alpha value is -2.63. The number of fused-ring (bicyclic) bond motifs is 1. The highest BCUT2D eigenvalue weighted by Gasteiger charge is 2.61. The average molecular weight is 409 g/mol. The predicted molar refractivity (Wildman–Crippen MR) is 111 cm³/mol. The quantitative estimate of drug-likeness (QED) is 0.616. The van der Waals surface area contributed by atoms with Crippen molar-refractivity contribution in [3.05, 3.63) is 45.8 Å². The lowest BCUT2D eigenvalue weighted by atomic mass is 9.47.